The van der Waals surface area contributed by atoms with E-state index in [1.807, 2.05) is 66.9 Å². The predicted molar refractivity (Wildman–Crippen MR) is 123 cm³/mol. The van der Waals surface area contributed by atoms with Crippen molar-refractivity contribution in [1.82, 2.24) is 9.88 Å². The van der Waals surface area contributed by atoms with E-state index in [-0.39, 0.29) is 12.5 Å². The molecule has 1 N–H and O–H groups in total. The fraction of sp³-hybridized carbons (Fsp3) is 0.308. The quantitative estimate of drug-likeness (QED) is 0.405. The number of nitrogens with one attached hydrogen (secondary N) is 1. The summed E-state index contributed by atoms with van der Waals surface area (Å²) in [4.78, 5) is 25.7. The highest BCUT2D eigenvalue weighted by Crippen LogP contribution is 2.24. The molecule has 1 amide bonds. The van der Waals surface area contributed by atoms with Gasteiger partial charge in [-0.1, -0.05) is 60.7 Å². The first-order valence-electron chi connectivity index (χ1n) is 10.8. The first-order chi connectivity index (χ1) is 15.0. The fourth-order valence-electron chi connectivity index (χ4n) is 3.88. The molecule has 1 aromatic heterocycles. The maximum Gasteiger partial charge on any atom is 0.355 e. The molecule has 2 aromatic carbocycles. The molecule has 0 aliphatic heterocycles. The van der Waals surface area contributed by atoms with Crippen molar-refractivity contribution in [3.05, 3.63) is 94.3 Å². The number of carbonyl (C=O) groups excluding carboxylic acids is 2. The Kier molecular flexibility index (Phi) is 7.65. The molecule has 0 aliphatic rings. The van der Waals surface area contributed by atoms with E-state index in [2.05, 4.69) is 17.4 Å². The number of benzene rings is 2. The third kappa shape index (κ3) is 5.43. The number of amides is 1. The molecule has 0 saturated carbocycles. The summed E-state index contributed by atoms with van der Waals surface area (Å²) in [5, 5.41) is 3.02. The van der Waals surface area contributed by atoms with Gasteiger partial charge in [-0.3, -0.25) is 4.79 Å². The van der Waals surface area contributed by atoms with Crippen LogP contribution in [-0.2, 0) is 17.7 Å². The Bertz CT molecular complexity index is 1020. The van der Waals surface area contributed by atoms with E-state index in [9.17, 15) is 9.59 Å². The Morgan fingerprint density at radius 2 is 1.55 bits per heavy atom. The highest BCUT2D eigenvalue weighted by atomic mass is 16.5. The molecule has 0 spiro atoms. The molecule has 0 aliphatic carbocycles. The van der Waals surface area contributed by atoms with E-state index in [0.29, 0.717) is 29.9 Å². The topological polar surface area (TPSA) is 60.3 Å². The number of carbonyl (C=O) groups is 2. The molecular weight excluding hydrogens is 388 g/mol. The van der Waals surface area contributed by atoms with Crippen molar-refractivity contribution >= 4 is 11.9 Å². The number of aromatic nitrogens is 1. The fourth-order valence-corrected chi connectivity index (χ4v) is 3.88. The van der Waals surface area contributed by atoms with Gasteiger partial charge in [0.25, 0.3) is 5.91 Å². The number of hydrogen-bond donors (Lipinski definition) is 1. The lowest BCUT2D eigenvalue weighted by Crippen LogP contribution is -2.26. The molecular formula is C26H30N2O3. The molecule has 0 atom stereocenters. The van der Waals surface area contributed by atoms with Crippen LogP contribution in [0.4, 0.5) is 0 Å². The van der Waals surface area contributed by atoms with Crippen LogP contribution in [0.1, 0.15) is 56.6 Å². The zero-order valence-electron chi connectivity index (χ0n) is 18.5. The van der Waals surface area contributed by atoms with Gasteiger partial charge in [0.15, 0.2) is 0 Å². The van der Waals surface area contributed by atoms with Gasteiger partial charge in [-0.05, 0) is 50.3 Å². The van der Waals surface area contributed by atoms with Crippen LogP contribution in [-0.4, -0.2) is 29.6 Å². The van der Waals surface area contributed by atoms with Crippen LogP contribution in [0.15, 0.2) is 60.7 Å². The molecule has 0 unspecified atom stereocenters. The van der Waals surface area contributed by atoms with Gasteiger partial charge in [0.05, 0.1) is 12.2 Å². The van der Waals surface area contributed by atoms with Crippen molar-refractivity contribution in [1.29, 1.82) is 0 Å². The standard InChI is InChI=1S/C26H30N2O3/c1-4-31-26(30)24-19(2)23(20(3)28(24)18-22-14-9-6-10-15-22)25(29)27-17-11-16-21-12-7-5-8-13-21/h5-10,12-15H,4,11,16-18H2,1-3H3,(H,27,29). The van der Waals surface area contributed by atoms with Gasteiger partial charge in [0.2, 0.25) is 0 Å². The second-order valence-electron chi connectivity index (χ2n) is 7.57. The minimum absolute atomic E-state index is 0.152. The Balaban J connectivity index is 1.79. The average Bonchev–Trinajstić information content (AvgIpc) is 3.02. The molecule has 0 radical (unpaired) electrons. The van der Waals surface area contributed by atoms with E-state index in [0.717, 1.165) is 24.1 Å². The number of esters is 1. The van der Waals surface area contributed by atoms with Crippen molar-refractivity contribution in [3.8, 4) is 0 Å². The zero-order valence-corrected chi connectivity index (χ0v) is 18.5. The Hall–Kier alpha value is -3.34. The SMILES string of the molecule is CCOC(=O)c1c(C)c(C(=O)NCCCc2ccccc2)c(C)n1Cc1ccccc1. The number of nitrogens with zero attached hydrogens (tertiary/aromatic N) is 1. The largest absolute Gasteiger partial charge is 0.461 e. The average molecular weight is 419 g/mol. The first-order valence-corrected chi connectivity index (χ1v) is 10.8. The van der Waals surface area contributed by atoms with E-state index in [4.69, 9.17) is 4.74 Å². The van der Waals surface area contributed by atoms with E-state index >= 15 is 0 Å². The Morgan fingerprint density at radius 1 is 0.935 bits per heavy atom. The van der Waals surface area contributed by atoms with E-state index in [1.165, 1.54) is 5.56 Å². The highest BCUT2D eigenvalue weighted by Gasteiger charge is 2.27. The van der Waals surface area contributed by atoms with Gasteiger partial charge < -0.3 is 14.6 Å². The van der Waals surface area contributed by atoms with Crippen LogP contribution in [0.3, 0.4) is 0 Å². The van der Waals surface area contributed by atoms with Gasteiger partial charge in [0, 0.05) is 18.8 Å². The summed E-state index contributed by atoms with van der Waals surface area (Å²) in [5.41, 5.74) is 4.73. The zero-order chi connectivity index (χ0) is 22.2. The summed E-state index contributed by atoms with van der Waals surface area (Å²) in [7, 11) is 0. The lowest BCUT2D eigenvalue weighted by Gasteiger charge is -2.12. The van der Waals surface area contributed by atoms with Crippen molar-refractivity contribution in [2.75, 3.05) is 13.2 Å². The molecule has 3 aromatic rings. The summed E-state index contributed by atoms with van der Waals surface area (Å²) >= 11 is 0. The molecule has 5 nitrogen and oxygen atoms in total. The number of rotatable bonds is 9. The van der Waals surface area contributed by atoms with Crippen molar-refractivity contribution in [2.24, 2.45) is 0 Å². The number of aryl methyl sites for hydroxylation is 1. The molecule has 162 valence electrons. The lowest BCUT2D eigenvalue weighted by atomic mass is 10.1. The molecule has 0 saturated heterocycles. The molecule has 5 heteroatoms. The van der Waals surface area contributed by atoms with Crippen LogP contribution in [0.25, 0.3) is 0 Å². The first kappa shape index (κ1) is 22.3. The number of ether oxygens (including phenoxy) is 1. The molecule has 1 heterocycles. The van der Waals surface area contributed by atoms with Gasteiger partial charge in [-0.15, -0.1) is 0 Å². The maximum atomic E-state index is 13.0. The van der Waals surface area contributed by atoms with Crippen LogP contribution < -0.4 is 5.32 Å². The summed E-state index contributed by atoms with van der Waals surface area (Å²) in [6, 6.07) is 20.1. The minimum Gasteiger partial charge on any atom is -0.461 e. The molecule has 31 heavy (non-hydrogen) atoms. The molecule has 0 fully saturated rings. The third-order valence-electron chi connectivity index (χ3n) is 5.42. The molecule has 3 rings (SSSR count). The summed E-state index contributed by atoms with van der Waals surface area (Å²) in [6.07, 6.45) is 1.76. The van der Waals surface area contributed by atoms with Crippen LogP contribution in [0.5, 0.6) is 0 Å². The third-order valence-corrected chi connectivity index (χ3v) is 5.42. The van der Waals surface area contributed by atoms with E-state index in [1.54, 1.807) is 6.92 Å². The smallest absolute Gasteiger partial charge is 0.355 e. The number of hydrogen-bond acceptors (Lipinski definition) is 3. The predicted octanol–water partition coefficient (Wildman–Crippen LogP) is 4.69. The van der Waals surface area contributed by atoms with Gasteiger partial charge in [-0.25, -0.2) is 4.79 Å². The second-order valence-corrected chi connectivity index (χ2v) is 7.57. The van der Waals surface area contributed by atoms with Gasteiger partial charge in [0.1, 0.15) is 5.69 Å². The van der Waals surface area contributed by atoms with Gasteiger partial charge in [-0.2, -0.15) is 0 Å². The van der Waals surface area contributed by atoms with Crippen LogP contribution >= 0.6 is 0 Å². The highest BCUT2D eigenvalue weighted by molar-refractivity contribution is 6.01. The monoisotopic (exact) mass is 418 g/mol. The lowest BCUT2D eigenvalue weighted by molar-refractivity contribution is 0.0513. The second kappa shape index (κ2) is 10.6. The normalized spacial score (nSPS) is 10.7. The van der Waals surface area contributed by atoms with Crippen LogP contribution in [0.2, 0.25) is 0 Å². The van der Waals surface area contributed by atoms with Crippen LogP contribution in [0, 0.1) is 13.8 Å². The maximum absolute atomic E-state index is 13.0. The van der Waals surface area contributed by atoms with Crippen molar-refractivity contribution in [2.45, 2.75) is 40.2 Å². The van der Waals surface area contributed by atoms with Gasteiger partial charge >= 0.3 is 5.97 Å². The molecule has 0 bridgehead atoms. The van der Waals surface area contributed by atoms with Crippen molar-refractivity contribution < 1.29 is 14.3 Å². The van der Waals surface area contributed by atoms with E-state index < -0.39 is 5.97 Å². The summed E-state index contributed by atoms with van der Waals surface area (Å²) < 4.78 is 7.18. The Labute approximate surface area is 184 Å². The summed E-state index contributed by atoms with van der Waals surface area (Å²) in [6.45, 7) is 6.85. The minimum atomic E-state index is -0.401. The van der Waals surface area contributed by atoms with Crippen molar-refractivity contribution in [3.63, 3.8) is 0 Å². The summed E-state index contributed by atoms with van der Waals surface area (Å²) in [5.74, 6) is -0.553. The Morgan fingerprint density at radius 3 is 2.16 bits per heavy atom.